The number of ether oxygens (including phenoxy) is 2. The van der Waals surface area contributed by atoms with Gasteiger partial charge in [0.05, 0.1) is 26.3 Å². The van der Waals surface area contributed by atoms with Crippen LogP contribution in [0.25, 0.3) is 0 Å². The Kier molecular flexibility index (Phi) is 9.10. The lowest BCUT2D eigenvalue weighted by atomic mass is 9.82. The molecule has 2 saturated heterocycles. The van der Waals surface area contributed by atoms with Gasteiger partial charge in [-0.2, -0.15) is 0 Å². The third kappa shape index (κ3) is 5.94. The molecule has 0 saturated carbocycles. The van der Waals surface area contributed by atoms with Gasteiger partial charge in [-0.15, -0.1) is 0 Å². The molecule has 0 radical (unpaired) electrons. The van der Waals surface area contributed by atoms with Gasteiger partial charge in [-0.05, 0) is 59.7 Å². The molecule has 2 aliphatic rings. The number of aliphatic carboxylic acids is 2. The van der Waals surface area contributed by atoms with Gasteiger partial charge in [0.25, 0.3) is 0 Å². The maximum absolute atomic E-state index is 14.3. The second-order valence-corrected chi connectivity index (χ2v) is 11.5. The molecule has 12 heteroatoms. The molecule has 0 unspecified atom stereocenters. The van der Waals surface area contributed by atoms with E-state index in [1.165, 1.54) is 24.2 Å². The zero-order chi connectivity index (χ0) is 33.9. The second-order valence-electron chi connectivity index (χ2n) is 11.5. The number of carboxylic acids is 2. The first-order chi connectivity index (χ1) is 23.2. The Hall–Kier alpha value is -5.72. The van der Waals surface area contributed by atoms with Crippen molar-refractivity contribution in [1.29, 1.82) is 0 Å². The molecule has 0 spiro atoms. The Morgan fingerprint density at radius 1 is 0.542 bits per heavy atom. The number of hydrogen-bond acceptors (Lipinski definition) is 8. The Balaban J connectivity index is 1.57. The number of nitrogens with one attached hydrogen (secondary N) is 2. The highest BCUT2D eigenvalue weighted by Gasteiger charge is 2.67. The van der Waals surface area contributed by atoms with Crippen LogP contribution in [0.1, 0.15) is 23.2 Å². The number of benzene rings is 4. The van der Waals surface area contributed by atoms with E-state index in [4.69, 9.17) is 9.47 Å². The highest BCUT2D eigenvalue weighted by atomic mass is 16.5. The average molecular weight is 651 g/mol. The topological polar surface area (TPSA) is 158 Å². The number of carbonyl (C=O) groups is 4. The predicted molar refractivity (Wildman–Crippen MR) is 175 cm³/mol. The zero-order valence-electron chi connectivity index (χ0n) is 26.1. The van der Waals surface area contributed by atoms with Gasteiger partial charge in [-0.25, -0.2) is 10.0 Å². The van der Waals surface area contributed by atoms with E-state index in [0.717, 1.165) is 0 Å². The van der Waals surface area contributed by atoms with Crippen LogP contribution in [0.2, 0.25) is 0 Å². The quantitative estimate of drug-likeness (QED) is 0.193. The average Bonchev–Trinajstić information content (AvgIpc) is 3.63. The molecule has 4 aromatic rings. The van der Waals surface area contributed by atoms with Gasteiger partial charge >= 0.3 is 11.9 Å². The predicted octanol–water partition coefficient (Wildman–Crippen LogP) is 4.45. The Bertz CT molecular complexity index is 1650. The third-order valence-electron chi connectivity index (χ3n) is 8.87. The molecule has 0 bridgehead atoms. The summed E-state index contributed by atoms with van der Waals surface area (Å²) in [5.41, 5.74) is 1.78. The van der Waals surface area contributed by atoms with Crippen LogP contribution in [0.5, 0.6) is 11.5 Å². The van der Waals surface area contributed by atoms with Gasteiger partial charge in [0.1, 0.15) is 35.4 Å². The number of nitrogens with zero attached hydrogens (tertiary/aromatic N) is 2. The highest BCUT2D eigenvalue weighted by molar-refractivity contribution is 6.01. The van der Waals surface area contributed by atoms with Crippen molar-refractivity contribution in [2.24, 2.45) is 11.8 Å². The largest absolute Gasteiger partial charge is 0.497 e. The Morgan fingerprint density at radius 3 is 1.17 bits per heavy atom. The van der Waals surface area contributed by atoms with Gasteiger partial charge in [-0.1, -0.05) is 60.7 Å². The van der Waals surface area contributed by atoms with Crippen LogP contribution in [-0.4, -0.2) is 70.3 Å². The first-order valence-electron chi connectivity index (χ1n) is 15.3. The molecule has 6 rings (SSSR count). The van der Waals surface area contributed by atoms with Crippen LogP contribution in [0.15, 0.2) is 109 Å². The van der Waals surface area contributed by atoms with Crippen molar-refractivity contribution in [1.82, 2.24) is 10.0 Å². The van der Waals surface area contributed by atoms with Crippen LogP contribution in [0.4, 0.5) is 11.4 Å². The lowest BCUT2D eigenvalue weighted by molar-refractivity contribution is -0.147. The van der Waals surface area contributed by atoms with Crippen molar-refractivity contribution in [2.45, 2.75) is 24.2 Å². The van der Waals surface area contributed by atoms with E-state index >= 15 is 0 Å². The minimum Gasteiger partial charge on any atom is -0.497 e. The summed E-state index contributed by atoms with van der Waals surface area (Å²) in [7, 11) is 3.00. The fourth-order valence-electron chi connectivity index (χ4n) is 6.83. The van der Waals surface area contributed by atoms with E-state index in [1.807, 2.05) is 0 Å². The van der Waals surface area contributed by atoms with Crippen molar-refractivity contribution in [3.8, 4) is 11.5 Å². The van der Waals surface area contributed by atoms with Crippen LogP contribution in [0.3, 0.4) is 0 Å². The molecule has 0 aromatic heterocycles. The highest BCUT2D eigenvalue weighted by Crippen LogP contribution is 2.55. The van der Waals surface area contributed by atoms with E-state index in [0.29, 0.717) is 34.0 Å². The number of rotatable bonds is 10. The summed E-state index contributed by atoms with van der Waals surface area (Å²) in [4.78, 5) is 55.3. The zero-order valence-corrected chi connectivity index (χ0v) is 26.1. The van der Waals surface area contributed by atoms with Gasteiger partial charge in [-0.3, -0.25) is 19.2 Å². The van der Waals surface area contributed by atoms with Gasteiger partial charge < -0.3 is 30.3 Å². The third-order valence-corrected chi connectivity index (χ3v) is 8.87. The van der Waals surface area contributed by atoms with E-state index in [9.17, 15) is 29.4 Å². The monoisotopic (exact) mass is 650 g/mol. The summed E-state index contributed by atoms with van der Waals surface area (Å²) >= 11 is 0. The van der Waals surface area contributed by atoms with Crippen molar-refractivity contribution >= 4 is 35.1 Å². The first kappa shape index (κ1) is 32.2. The van der Waals surface area contributed by atoms with Crippen LogP contribution >= 0.6 is 0 Å². The summed E-state index contributed by atoms with van der Waals surface area (Å²) in [5, 5.41) is 30.3. The SMILES string of the molecule is COc1ccc([C@@H]2[C@H](C(=O)O)[C@H](C(=O)Nc3ccccc3)N3[C@H](c4ccc(OC)cc4)[C@@H](C(=O)O)[C@H](C(=O)Nc4ccccc4)N23)cc1. The van der Waals surface area contributed by atoms with E-state index in [1.54, 1.807) is 109 Å². The maximum atomic E-state index is 14.3. The molecule has 246 valence electrons. The smallest absolute Gasteiger partial charge is 0.310 e. The molecule has 0 aliphatic carbocycles. The van der Waals surface area contributed by atoms with Crippen LogP contribution < -0.4 is 20.1 Å². The van der Waals surface area contributed by atoms with Crippen molar-refractivity contribution < 1.29 is 38.9 Å². The number of carboxylic acid groups (broad SMARTS) is 2. The molecule has 4 aromatic carbocycles. The van der Waals surface area contributed by atoms with E-state index < -0.39 is 59.8 Å². The molecular weight excluding hydrogens is 616 g/mol. The first-order valence-corrected chi connectivity index (χ1v) is 15.3. The molecule has 6 atom stereocenters. The summed E-state index contributed by atoms with van der Waals surface area (Å²) in [6.07, 6.45) is 0. The van der Waals surface area contributed by atoms with Gasteiger partial charge in [0, 0.05) is 11.4 Å². The molecule has 48 heavy (non-hydrogen) atoms. The fourth-order valence-corrected chi connectivity index (χ4v) is 6.83. The van der Waals surface area contributed by atoms with E-state index in [2.05, 4.69) is 10.6 Å². The number of methoxy groups -OCH3 is 2. The summed E-state index contributed by atoms with van der Waals surface area (Å²) in [5.74, 6) is -5.74. The van der Waals surface area contributed by atoms with Crippen molar-refractivity contribution in [2.75, 3.05) is 24.9 Å². The summed E-state index contributed by atoms with van der Waals surface area (Å²) < 4.78 is 10.7. The Morgan fingerprint density at radius 2 is 0.875 bits per heavy atom. The number of carbonyl (C=O) groups excluding carboxylic acids is 2. The molecule has 4 N–H and O–H groups in total. The Labute approximate surface area is 276 Å². The van der Waals surface area contributed by atoms with Crippen LogP contribution in [0, 0.1) is 11.8 Å². The van der Waals surface area contributed by atoms with Gasteiger partial charge in [0.2, 0.25) is 11.8 Å². The number of anilines is 2. The molecule has 2 aliphatic heterocycles. The van der Waals surface area contributed by atoms with E-state index in [-0.39, 0.29) is 0 Å². The summed E-state index contributed by atoms with van der Waals surface area (Å²) in [6.45, 7) is 0. The summed E-state index contributed by atoms with van der Waals surface area (Å²) in [6, 6.07) is 25.3. The number of fused-ring (bicyclic) bond motifs is 1. The van der Waals surface area contributed by atoms with Crippen molar-refractivity contribution in [3.63, 3.8) is 0 Å². The van der Waals surface area contributed by atoms with Gasteiger partial charge in [0.15, 0.2) is 0 Å². The number of amides is 2. The minimum absolute atomic E-state index is 0.430. The number of hydrogen-bond donors (Lipinski definition) is 4. The minimum atomic E-state index is -1.43. The molecule has 2 fully saturated rings. The molecule has 2 heterocycles. The standard InChI is InChI=1S/C36H34N4O8/c1-47-25-17-13-21(14-18-25)29-27(35(43)44)31(33(41)37-23-9-5-3-6-10-23)40-30(22-15-19-26(48-2)20-16-22)28(36(45)46)32(39(29)40)34(42)38-24-11-7-4-8-12-24/h3-20,27-32H,1-2H3,(H,37,41)(H,38,42)(H,43,44)(H,45,46)/t27-,28+,29-,30-,31-,32-/m1/s1. The second kappa shape index (κ2) is 13.6. The van der Waals surface area contributed by atoms with Crippen LogP contribution in [-0.2, 0) is 19.2 Å². The number of para-hydroxylation sites is 2. The molecular formula is C36H34N4O8. The lowest BCUT2D eigenvalue weighted by Gasteiger charge is -2.33. The normalized spacial score (nSPS) is 23.5. The lowest BCUT2D eigenvalue weighted by Crippen LogP contribution is -2.48. The van der Waals surface area contributed by atoms with Crippen molar-refractivity contribution in [3.05, 3.63) is 120 Å². The maximum Gasteiger partial charge on any atom is 0.310 e. The molecule has 12 nitrogen and oxygen atoms in total. The fraction of sp³-hybridized carbons (Fsp3) is 0.222. The number of hydrazine groups is 1. The molecule has 2 amide bonds.